The van der Waals surface area contributed by atoms with Crippen LogP contribution in [0, 0.1) is 11.8 Å². The average Bonchev–Trinajstić information content (AvgIpc) is 3.38. The van der Waals surface area contributed by atoms with E-state index < -0.39 is 69.2 Å². The SMILES string of the molecule is CCCCCCCC/C=C\CCCCCCCC(=O)OC[C@H](COP(=O)(O)O)OC(=O)CCCCC(=O)C[C@@H]1[C@@H](/C=C/[C@@H](O)CCCCC)[C@H](O)C[C@@H]1O. The lowest BCUT2D eigenvalue weighted by Crippen LogP contribution is -2.29. The monoisotopic (exact) mass is 788 g/mol. The molecule has 0 aliphatic heterocycles. The maximum Gasteiger partial charge on any atom is 0.469 e. The van der Waals surface area contributed by atoms with Crippen LogP contribution in [0.15, 0.2) is 24.3 Å². The van der Waals surface area contributed by atoms with Gasteiger partial charge in [0.15, 0.2) is 6.10 Å². The molecule has 12 nitrogen and oxygen atoms in total. The highest BCUT2D eigenvalue weighted by atomic mass is 31.2. The first-order chi connectivity index (χ1) is 25.9. The number of hydrogen-bond acceptors (Lipinski definition) is 10. The molecule has 0 heterocycles. The molecule has 0 aromatic carbocycles. The summed E-state index contributed by atoms with van der Waals surface area (Å²) in [6.45, 7) is 3.25. The molecule has 54 heavy (non-hydrogen) atoms. The third-order valence-corrected chi connectivity index (χ3v) is 10.4. The number of esters is 2. The molecule has 0 aromatic rings. The molecule has 0 unspecified atom stereocenters. The summed E-state index contributed by atoms with van der Waals surface area (Å²) in [5, 5.41) is 31.2. The second-order valence-corrected chi connectivity index (χ2v) is 16.2. The Balaban J connectivity index is 2.33. The van der Waals surface area contributed by atoms with Crippen molar-refractivity contribution in [3.05, 3.63) is 24.3 Å². The first-order valence-electron chi connectivity index (χ1n) is 20.8. The van der Waals surface area contributed by atoms with E-state index in [1.807, 2.05) is 0 Å². The van der Waals surface area contributed by atoms with Gasteiger partial charge in [0.2, 0.25) is 0 Å². The van der Waals surface area contributed by atoms with Crippen LogP contribution in [0.5, 0.6) is 0 Å². The fourth-order valence-corrected chi connectivity index (χ4v) is 7.08. The van der Waals surface area contributed by atoms with Crippen molar-refractivity contribution < 1.29 is 58.1 Å². The van der Waals surface area contributed by atoms with Crippen LogP contribution in [0.3, 0.4) is 0 Å². The number of allylic oxidation sites excluding steroid dienone is 2. The van der Waals surface area contributed by atoms with Crippen molar-refractivity contribution in [1.82, 2.24) is 0 Å². The zero-order chi connectivity index (χ0) is 40.0. The number of rotatable bonds is 34. The lowest BCUT2D eigenvalue weighted by Gasteiger charge is -2.20. The largest absolute Gasteiger partial charge is 0.469 e. The molecular formula is C41H73O12P. The van der Waals surface area contributed by atoms with Crippen molar-refractivity contribution in [3.63, 3.8) is 0 Å². The van der Waals surface area contributed by atoms with Crippen molar-refractivity contribution >= 4 is 25.5 Å². The third kappa shape index (κ3) is 26.8. The van der Waals surface area contributed by atoms with Crippen LogP contribution in [-0.4, -0.2) is 80.5 Å². The molecule has 0 saturated heterocycles. The number of aliphatic hydroxyl groups is 3. The normalized spacial score (nSPS) is 20.1. The zero-order valence-electron chi connectivity index (χ0n) is 33.2. The number of hydrogen-bond donors (Lipinski definition) is 5. The summed E-state index contributed by atoms with van der Waals surface area (Å²) in [6, 6.07) is 0. The van der Waals surface area contributed by atoms with E-state index >= 15 is 0 Å². The predicted octanol–water partition coefficient (Wildman–Crippen LogP) is 7.96. The maximum atomic E-state index is 12.8. The zero-order valence-corrected chi connectivity index (χ0v) is 34.1. The van der Waals surface area contributed by atoms with E-state index in [9.17, 15) is 34.3 Å². The van der Waals surface area contributed by atoms with Gasteiger partial charge < -0.3 is 34.6 Å². The molecule has 0 bridgehead atoms. The summed E-state index contributed by atoms with van der Waals surface area (Å²) in [5.41, 5.74) is 0. The van der Waals surface area contributed by atoms with Gasteiger partial charge in [0, 0.05) is 43.9 Å². The van der Waals surface area contributed by atoms with E-state index in [0.29, 0.717) is 25.7 Å². The summed E-state index contributed by atoms with van der Waals surface area (Å²) in [4.78, 5) is 55.8. The Kier molecular flexibility index (Phi) is 28.9. The molecule has 0 aromatic heterocycles. The number of unbranched alkanes of at least 4 members (excludes halogenated alkanes) is 14. The Morgan fingerprint density at radius 2 is 1.28 bits per heavy atom. The topological polar surface area (TPSA) is 197 Å². The third-order valence-electron chi connectivity index (χ3n) is 9.92. The fourth-order valence-electron chi connectivity index (χ4n) is 6.72. The highest BCUT2D eigenvalue weighted by Gasteiger charge is 2.41. The van der Waals surface area contributed by atoms with Gasteiger partial charge in [-0.3, -0.25) is 18.9 Å². The fraction of sp³-hybridized carbons (Fsp3) is 0.829. The van der Waals surface area contributed by atoms with E-state index in [-0.39, 0.29) is 37.9 Å². The molecular weight excluding hydrogens is 715 g/mol. The average molecular weight is 789 g/mol. The lowest BCUT2D eigenvalue weighted by atomic mass is 9.87. The van der Waals surface area contributed by atoms with E-state index in [0.717, 1.165) is 57.8 Å². The summed E-state index contributed by atoms with van der Waals surface area (Å²) < 4.78 is 26.3. The predicted molar refractivity (Wildman–Crippen MR) is 209 cm³/mol. The van der Waals surface area contributed by atoms with E-state index in [1.165, 1.54) is 38.5 Å². The van der Waals surface area contributed by atoms with Gasteiger partial charge in [-0.2, -0.15) is 0 Å². The molecule has 0 radical (unpaired) electrons. The first kappa shape index (κ1) is 50.1. The number of carbonyl (C=O) groups is 3. The number of ketones is 1. The van der Waals surface area contributed by atoms with Gasteiger partial charge in [-0.25, -0.2) is 4.57 Å². The number of phosphoric ester groups is 1. The highest BCUT2D eigenvalue weighted by Crippen LogP contribution is 2.37. The quantitative estimate of drug-likeness (QED) is 0.0183. The van der Waals surface area contributed by atoms with Crippen LogP contribution < -0.4 is 0 Å². The molecule has 1 rings (SSSR count). The van der Waals surface area contributed by atoms with Gasteiger partial charge >= 0.3 is 19.8 Å². The number of carbonyl (C=O) groups excluding carboxylic acids is 3. The molecule has 13 heteroatoms. The minimum Gasteiger partial charge on any atom is -0.462 e. The van der Waals surface area contributed by atoms with Crippen molar-refractivity contribution in [2.75, 3.05) is 13.2 Å². The summed E-state index contributed by atoms with van der Waals surface area (Å²) >= 11 is 0. The second-order valence-electron chi connectivity index (χ2n) is 14.9. The van der Waals surface area contributed by atoms with Gasteiger partial charge in [-0.1, -0.05) is 109 Å². The highest BCUT2D eigenvalue weighted by molar-refractivity contribution is 7.46. The Bertz CT molecular complexity index is 1110. The number of aliphatic hydroxyl groups excluding tert-OH is 3. The smallest absolute Gasteiger partial charge is 0.462 e. The van der Waals surface area contributed by atoms with Gasteiger partial charge in [-0.05, 0) is 51.4 Å². The summed E-state index contributed by atoms with van der Waals surface area (Å²) in [7, 11) is -4.86. The molecule has 1 fully saturated rings. The van der Waals surface area contributed by atoms with Gasteiger partial charge in [0.25, 0.3) is 0 Å². The maximum absolute atomic E-state index is 12.8. The van der Waals surface area contributed by atoms with E-state index in [2.05, 4.69) is 30.5 Å². The number of Topliss-reactive ketones (excluding diaryl/α,β-unsaturated/α-hetero) is 1. The van der Waals surface area contributed by atoms with E-state index in [1.54, 1.807) is 12.2 Å². The van der Waals surface area contributed by atoms with Crippen molar-refractivity contribution in [2.24, 2.45) is 11.8 Å². The molecule has 314 valence electrons. The van der Waals surface area contributed by atoms with Crippen LogP contribution in [-0.2, 0) is 32.9 Å². The molecule has 1 aliphatic carbocycles. The van der Waals surface area contributed by atoms with E-state index in [4.69, 9.17) is 19.3 Å². The van der Waals surface area contributed by atoms with Gasteiger partial charge in [-0.15, -0.1) is 0 Å². The van der Waals surface area contributed by atoms with Crippen LogP contribution in [0.4, 0.5) is 0 Å². The van der Waals surface area contributed by atoms with Crippen LogP contribution in [0.2, 0.25) is 0 Å². The Labute approximate surface area is 324 Å². The minimum absolute atomic E-state index is 0.0633. The number of phosphoric acid groups is 1. The molecule has 1 saturated carbocycles. The van der Waals surface area contributed by atoms with Crippen molar-refractivity contribution in [3.8, 4) is 0 Å². The second kappa shape index (κ2) is 31.2. The standard InChI is InChI=1S/C41H73O12P/c1-3-5-7-8-9-10-11-12-13-14-15-16-17-18-20-25-40(46)51-31-35(32-52-54(48,49)50)53-41(47)26-22-21-24-34(43)29-37-36(38(44)30-39(37)45)28-27-33(42)23-19-6-4-2/h12-13,27-28,33,35-39,42,44-45H,3-11,14-26,29-32H2,1-2H3,(H2,48,49,50)/b13-12-,28-27+/t33-,35+,36+,37+,38+,39-/m0/s1. The first-order valence-corrected chi connectivity index (χ1v) is 22.3. The number of ether oxygens (including phenoxy) is 2. The Morgan fingerprint density at radius 3 is 1.93 bits per heavy atom. The molecule has 1 aliphatic rings. The van der Waals surface area contributed by atoms with Crippen molar-refractivity contribution in [2.45, 2.75) is 192 Å². The van der Waals surface area contributed by atoms with Crippen LogP contribution in [0.25, 0.3) is 0 Å². The molecule has 6 atom stereocenters. The van der Waals surface area contributed by atoms with Crippen LogP contribution in [0.1, 0.15) is 168 Å². The molecule has 0 amide bonds. The molecule has 0 spiro atoms. The summed E-state index contributed by atoms with van der Waals surface area (Å²) in [6.07, 6.45) is 23.9. The molecule has 5 N–H and O–H groups in total. The minimum atomic E-state index is -4.86. The van der Waals surface area contributed by atoms with Gasteiger partial charge in [0.1, 0.15) is 12.4 Å². The van der Waals surface area contributed by atoms with Gasteiger partial charge in [0.05, 0.1) is 24.9 Å². The summed E-state index contributed by atoms with van der Waals surface area (Å²) in [5.74, 6) is -2.21. The Morgan fingerprint density at radius 1 is 0.722 bits per heavy atom. The lowest BCUT2D eigenvalue weighted by molar-refractivity contribution is -0.161. The van der Waals surface area contributed by atoms with Crippen LogP contribution >= 0.6 is 7.82 Å². The Hall–Kier alpha value is -1.92. The van der Waals surface area contributed by atoms with Crippen molar-refractivity contribution in [1.29, 1.82) is 0 Å².